The first-order valence-corrected chi connectivity index (χ1v) is 11.7. The van der Waals surface area contributed by atoms with Gasteiger partial charge in [0.05, 0.1) is 6.54 Å². The number of piperidine rings is 1. The zero-order valence-corrected chi connectivity index (χ0v) is 18.3. The van der Waals surface area contributed by atoms with Crippen LogP contribution in [0.4, 0.5) is 0 Å². The minimum absolute atomic E-state index is 0.108. The molecule has 1 aliphatic carbocycles. The Hall–Kier alpha value is -2.41. The first kappa shape index (κ1) is 21.8. The SMILES string of the molecule is O=C(CCc1ccccc1)NC1CCN(CC(=O)N2CCN(C(=O)C3CC3)CC2)CC1. The van der Waals surface area contributed by atoms with Gasteiger partial charge >= 0.3 is 0 Å². The molecular weight excluding hydrogens is 392 g/mol. The fourth-order valence-electron chi connectivity index (χ4n) is 4.49. The number of carbonyl (C=O) groups excluding carboxylic acids is 3. The number of carbonyl (C=O) groups is 3. The fraction of sp³-hybridized carbons (Fsp3) is 0.625. The van der Waals surface area contributed by atoms with Crippen molar-refractivity contribution in [1.29, 1.82) is 0 Å². The highest BCUT2D eigenvalue weighted by Gasteiger charge is 2.35. The molecular formula is C24H34N4O3. The molecule has 3 amide bonds. The zero-order valence-electron chi connectivity index (χ0n) is 18.3. The molecule has 0 unspecified atom stereocenters. The first-order chi connectivity index (χ1) is 15.1. The Balaban J connectivity index is 1.11. The minimum Gasteiger partial charge on any atom is -0.353 e. The lowest BCUT2D eigenvalue weighted by Gasteiger charge is -2.37. The van der Waals surface area contributed by atoms with E-state index in [0.717, 1.165) is 45.2 Å². The lowest BCUT2D eigenvalue weighted by atomic mass is 10.0. The maximum Gasteiger partial charge on any atom is 0.236 e. The summed E-state index contributed by atoms with van der Waals surface area (Å²) in [5.74, 6) is 0.795. The standard InChI is InChI=1S/C24H34N4O3/c29-22(9-6-19-4-2-1-3-5-19)25-21-10-12-26(13-11-21)18-23(30)27-14-16-28(17-15-27)24(31)20-7-8-20/h1-5,20-21H,6-18H2,(H,25,29). The number of hydrogen-bond acceptors (Lipinski definition) is 4. The molecule has 2 aliphatic heterocycles. The molecule has 0 spiro atoms. The van der Waals surface area contributed by atoms with Gasteiger partial charge in [0.25, 0.3) is 0 Å². The Bertz CT molecular complexity index is 764. The Morgan fingerprint density at radius 3 is 2.13 bits per heavy atom. The number of piperazine rings is 1. The van der Waals surface area contributed by atoms with Gasteiger partial charge < -0.3 is 15.1 Å². The van der Waals surface area contributed by atoms with Crippen LogP contribution in [0.15, 0.2) is 30.3 Å². The highest BCUT2D eigenvalue weighted by atomic mass is 16.2. The molecule has 2 saturated heterocycles. The van der Waals surface area contributed by atoms with Gasteiger partial charge in [0.1, 0.15) is 0 Å². The van der Waals surface area contributed by atoms with Gasteiger partial charge in [-0.25, -0.2) is 0 Å². The smallest absolute Gasteiger partial charge is 0.236 e. The zero-order chi connectivity index (χ0) is 21.6. The van der Waals surface area contributed by atoms with Crippen molar-refractivity contribution in [2.24, 2.45) is 5.92 Å². The molecule has 0 radical (unpaired) electrons. The van der Waals surface area contributed by atoms with E-state index in [0.29, 0.717) is 39.1 Å². The first-order valence-electron chi connectivity index (χ1n) is 11.7. The van der Waals surface area contributed by atoms with E-state index in [1.165, 1.54) is 5.56 Å². The predicted molar refractivity (Wildman–Crippen MR) is 118 cm³/mol. The third kappa shape index (κ3) is 6.29. The van der Waals surface area contributed by atoms with Gasteiger partial charge in [-0.1, -0.05) is 30.3 Å². The largest absolute Gasteiger partial charge is 0.353 e. The molecule has 0 atom stereocenters. The van der Waals surface area contributed by atoms with Crippen molar-refractivity contribution < 1.29 is 14.4 Å². The summed E-state index contributed by atoms with van der Waals surface area (Å²) < 4.78 is 0. The highest BCUT2D eigenvalue weighted by Crippen LogP contribution is 2.31. The Labute approximate surface area is 184 Å². The van der Waals surface area contributed by atoms with Crippen molar-refractivity contribution in [1.82, 2.24) is 20.0 Å². The van der Waals surface area contributed by atoms with Crippen LogP contribution in [0.3, 0.4) is 0 Å². The molecule has 3 aliphatic rings. The van der Waals surface area contributed by atoms with Crippen LogP contribution in [0.25, 0.3) is 0 Å². The van der Waals surface area contributed by atoms with Crippen molar-refractivity contribution in [2.75, 3.05) is 45.8 Å². The van der Waals surface area contributed by atoms with Crippen LogP contribution in [-0.4, -0.2) is 84.3 Å². The Kier molecular flexibility index (Phi) is 7.22. The molecule has 0 aromatic heterocycles. The van der Waals surface area contributed by atoms with E-state index in [9.17, 15) is 14.4 Å². The molecule has 168 valence electrons. The number of likely N-dealkylation sites (tertiary alicyclic amines) is 1. The second-order valence-corrected chi connectivity index (χ2v) is 9.08. The van der Waals surface area contributed by atoms with E-state index in [-0.39, 0.29) is 29.7 Å². The Morgan fingerprint density at radius 2 is 1.48 bits per heavy atom. The van der Waals surface area contributed by atoms with Crippen LogP contribution in [0.2, 0.25) is 0 Å². The topological polar surface area (TPSA) is 73.0 Å². The van der Waals surface area contributed by atoms with Gasteiger partial charge in [-0.05, 0) is 37.7 Å². The number of nitrogens with one attached hydrogen (secondary N) is 1. The maximum absolute atomic E-state index is 12.7. The van der Waals surface area contributed by atoms with Crippen LogP contribution >= 0.6 is 0 Å². The predicted octanol–water partition coefficient (Wildman–Crippen LogP) is 1.28. The minimum atomic E-state index is 0.108. The monoisotopic (exact) mass is 426 g/mol. The third-order valence-electron chi connectivity index (χ3n) is 6.67. The molecule has 4 rings (SSSR count). The molecule has 7 nitrogen and oxygen atoms in total. The normalized spacial score (nSPS) is 20.5. The van der Waals surface area contributed by atoms with Gasteiger partial charge in [-0.2, -0.15) is 0 Å². The summed E-state index contributed by atoms with van der Waals surface area (Å²) in [6.07, 6.45) is 5.10. The van der Waals surface area contributed by atoms with Crippen LogP contribution < -0.4 is 5.32 Å². The fourth-order valence-corrected chi connectivity index (χ4v) is 4.49. The molecule has 1 aromatic rings. The number of benzene rings is 1. The number of rotatable bonds is 7. The number of amides is 3. The lowest BCUT2D eigenvalue weighted by Crippen LogP contribution is -2.54. The molecule has 0 bridgehead atoms. The number of aryl methyl sites for hydroxylation is 1. The highest BCUT2D eigenvalue weighted by molar-refractivity contribution is 5.82. The second-order valence-electron chi connectivity index (χ2n) is 9.08. The average Bonchev–Trinajstić information content (AvgIpc) is 3.65. The van der Waals surface area contributed by atoms with E-state index in [4.69, 9.17) is 0 Å². The summed E-state index contributed by atoms with van der Waals surface area (Å²) >= 11 is 0. The van der Waals surface area contributed by atoms with E-state index in [1.807, 2.05) is 40.1 Å². The van der Waals surface area contributed by atoms with Crippen molar-refractivity contribution in [3.63, 3.8) is 0 Å². The van der Waals surface area contributed by atoms with Crippen molar-refractivity contribution >= 4 is 17.7 Å². The summed E-state index contributed by atoms with van der Waals surface area (Å²) in [5.41, 5.74) is 1.18. The summed E-state index contributed by atoms with van der Waals surface area (Å²) in [6, 6.07) is 10.3. The van der Waals surface area contributed by atoms with Crippen LogP contribution in [0, 0.1) is 5.92 Å². The quantitative estimate of drug-likeness (QED) is 0.713. The van der Waals surface area contributed by atoms with E-state index in [2.05, 4.69) is 10.2 Å². The second kappa shape index (κ2) is 10.3. The van der Waals surface area contributed by atoms with E-state index in [1.54, 1.807) is 0 Å². The molecule has 1 aromatic carbocycles. The molecule has 3 fully saturated rings. The van der Waals surface area contributed by atoms with Gasteiger partial charge in [-0.3, -0.25) is 19.3 Å². The molecule has 1 N–H and O–H groups in total. The maximum atomic E-state index is 12.7. The van der Waals surface area contributed by atoms with Crippen LogP contribution in [0.5, 0.6) is 0 Å². The average molecular weight is 427 g/mol. The number of hydrogen-bond donors (Lipinski definition) is 1. The van der Waals surface area contributed by atoms with Gasteiger partial charge in [0.2, 0.25) is 17.7 Å². The lowest BCUT2D eigenvalue weighted by molar-refractivity contribution is -0.141. The summed E-state index contributed by atoms with van der Waals surface area (Å²) in [4.78, 5) is 43.1. The van der Waals surface area contributed by atoms with Gasteiger partial charge in [0, 0.05) is 57.6 Å². The molecule has 31 heavy (non-hydrogen) atoms. The van der Waals surface area contributed by atoms with E-state index >= 15 is 0 Å². The van der Waals surface area contributed by atoms with Crippen molar-refractivity contribution in [3.05, 3.63) is 35.9 Å². The van der Waals surface area contributed by atoms with Crippen LogP contribution in [-0.2, 0) is 20.8 Å². The van der Waals surface area contributed by atoms with E-state index < -0.39 is 0 Å². The molecule has 7 heteroatoms. The third-order valence-corrected chi connectivity index (χ3v) is 6.67. The van der Waals surface area contributed by atoms with Crippen LogP contribution in [0.1, 0.15) is 37.7 Å². The van der Waals surface area contributed by atoms with Crippen molar-refractivity contribution in [2.45, 2.75) is 44.6 Å². The number of nitrogens with zero attached hydrogens (tertiary/aromatic N) is 3. The van der Waals surface area contributed by atoms with Crippen molar-refractivity contribution in [3.8, 4) is 0 Å². The summed E-state index contributed by atoms with van der Waals surface area (Å²) in [6.45, 7) is 4.71. The van der Waals surface area contributed by atoms with Gasteiger partial charge in [0.15, 0.2) is 0 Å². The Morgan fingerprint density at radius 1 is 0.839 bits per heavy atom. The summed E-state index contributed by atoms with van der Waals surface area (Å²) in [5, 5.41) is 3.16. The molecule has 1 saturated carbocycles. The van der Waals surface area contributed by atoms with Gasteiger partial charge in [-0.15, -0.1) is 0 Å². The summed E-state index contributed by atoms with van der Waals surface area (Å²) in [7, 11) is 0. The molecule has 2 heterocycles.